The van der Waals surface area contributed by atoms with Gasteiger partial charge in [-0.25, -0.2) is 4.39 Å². The third-order valence-electron chi connectivity index (χ3n) is 3.50. The first kappa shape index (κ1) is 13.3. The normalized spacial score (nSPS) is 16.9. The van der Waals surface area contributed by atoms with Crippen molar-refractivity contribution in [3.63, 3.8) is 0 Å². The Labute approximate surface area is 112 Å². The van der Waals surface area contributed by atoms with Gasteiger partial charge in [-0.15, -0.1) is 11.6 Å². The molecule has 0 saturated carbocycles. The summed E-state index contributed by atoms with van der Waals surface area (Å²) in [6.07, 6.45) is 2.05. The summed E-state index contributed by atoms with van der Waals surface area (Å²) in [4.78, 5) is 13.5. The quantitative estimate of drug-likeness (QED) is 0.772. The minimum absolute atomic E-state index is 0.108. The molecule has 0 unspecified atom stereocenters. The maximum absolute atomic E-state index is 13.7. The largest absolute Gasteiger partial charge is 0.343 e. The number of hydrogen-bond acceptors (Lipinski definition) is 1. The number of nitrogens with zero attached hydrogens (tertiary/aromatic N) is 1. The van der Waals surface area contributed by atoms with Crippen LogP contribution in [0.15, 0.2) is 24.3 Å². The molecule has 0 aromatic heterocycles. The lowest BCUT2D eigenvalue weighted by molar-refractivity contribution is -0.131. The summed E-state index contributed by atoms with van der Waals surface area (Å²) < 4.78 is 13.7. The molecule has 1 aromatic carbocycles. The molecular formula is C14H17ClFNO. The summed E-state index contributed by atoms with van der Waals surface area (Å²) in [7, 11) is 0. The van der Waals surface area contributed by atoms with Crippen LogP contribution < -0.4 is 0 Å². The third kappa shape index (κ3) is 3.02. The Kier molecular flexibility index (Phi) is 4.59. The van der Waals surface area contributed by atoms with E-state index in [2.05, 4.69) is 0 Å². The Bertz CT molecular complexity index is 416. The fourth-order valence-corrected chi connectivity index (χ4v) is 2.65. The van der Waals surface area contributed by atoms with Crippen LogP contribution in [0.2, 0.25) is 0 Å². The molecule has 4 heteroatoms. The van der Waals surface area contributed by atoms with Crippen LogP contribution in [0.25, 0.3) is 0 Å². The fraction of sp³-hybridized carbons (Fsp3) is 0.500. The summed E-state index contributed by atoms with van der Waals surface area (Å²) in [5, 5.41) is 0. The highest BCUT2D eigenvalue weighted by molar-refractivity contribution is 6.18. The van der Waals surface area contributed by atoms with Gasteiger partial charge in [-0.2, -0.15) is 0 Å². The highest BCUT2D eigenvalue weighted by atomic mass is 35.5. The summed E-state index contributed by atoms with van der Waals surface area (Å²) in [6.45, 7) is 1.41. The SMILES string of the molecule is O=C(CCCl)N1CCC(c2ccccc2F)CC1. The second kappa shape index (κ2) is 6.19. The molecule has 1 aliphatic heterocycles. The zero-order valence-electron chi connectivity index (χ0n) is 10.2. The molecule has 0 radical (unpaired) electrons. The van der Waals surface area contributed by atoms with E-state index in [0.29, 0.717) is 25.4 Å². The lowest BCUT2D eigenvalue weighted by atomic mass is 9.89. The monoisotopic (exact) mass is 269 g/mol. The molecule has 98 valence electrons. The molecule has 0 bridgehead atoms. The Morgan fingerprint density at radius 3 is 2.61 bits per heavy atom. The lowest BCUT2D eigenvalue weighted by Crippen LogP contribution is -2.38. The second-order valence-electron chi connectivity index (χ2n) is 4.62. The van der Waals surface area contributed by atoms with Gasteiger partial charge in [-0.3, -0.25) is 4.79 Å². The number of rotatable bonds is 3. The molecule has 1 aliphatic rings. The van der Waals surface area contributed by atoms with E-state index in [9.17, 15) is 9.18 Å². The molecule has 1 heterocycles. The van der Waals surface area contributed by atoms with E-state index < -0.39 is 0 Å². The van der Waals surface area contributed by atoms with Crippen LogP contribution >= 0.6 is 11.6 Å². The van der Waals surface area contributed by atoms with Crippen molar-refractivity contribution in [2.24, 2.45) is 0 Å². The topological polar surface area (TPSA) is 20.3 Å². The maximum atomic E-state index is 13.7. The number of amides is 1. The average molecular weight is 270 g/mol. The average Bonchev–Trinajstić information content (AvgIpc) is 2.40. The molecule has 0 spiro atoms. The van der Waals surface area contributed by atoms with Gasteiger partial charge in [0.25, 0.3) is 0 Å². The zero-order valence-corrected chi connectivity index (χ0v) is 11.0. The van der Waals surface area contributed by atoms with Crippen LogP contribution in [0.5, 0.6) is 0 Å². The molecule has 2 rings (SSSR count). The van der Waals surface area contributed by atoms with E-state index in [-0.39, 0.29) is 17.6 Å². The molecule has 0 N–H and O–H groups in total. The number of alkyl halides is 1. The van der Waals surface area contributed by atoms with E-state index in [1.807, 2.05) is 17.0 Å². The highest BCUT2D eigenvalue weighted by Crippen LogP contribution is 2.29. The van der Waals surface area contributed by atoms with E-state index in [4.69, 9.17) is 11.6 Å². The van der Waals surface area contributed by atoms with Crippen molar-refractivity contribution in [2.45, 2.75) is 25.2 Å². The van der Waals surface area contributed by atoms with E-state index in [1.165, 1.54) is 6.07 Å². The highest BCUT2D eigenvalue weighted by Gasteiger charge is 2.24. The van der Waals surface area contributed by atoms with Gasteiger partial charge in [0.05, 0.1) is 0 Å². The summed E-state index contributed by atoms with van der Waals surface area (Å²) >= 11 is 5.56. The fourth-order valence-electron chi connectivity index (χ4n) is 2.49. The Balaban J connectivity index is 1.95. The number of hydrogen-bond donors (Lipinski definition) is 0. The van der Waals surface area contributed by atoms with Crippen LogP contribution in [0.1, 0.15) is 30.7 Å². The number of carbonyl (C=O) groups excluding carboxylic acids is 1. The smallest absolute Gasteiger partial charge is 0.223 e. The second-order valence-corrected chi connectivity index (χ2v) is 4.99. The molecule has 1 aromatic rings. The van der Waals surface area contributed by atoms with E-state index in [0.717, 1.165) is 18.4 Å². The van der Waals surface area contributed by atoms with Crippen molar-refractivity contribution in [1.29, 1.82) is 0 Å². The van der Waals surface area contributed by atoms with Crippen molar-refractivity contribution >= 4 is 17.5 Å². The van der Waals surface area contributed by atoms with Crippen LogP contribution in [0, 0.1) is 5.82 Å². The van der Waals surface area contributed by atoms with Crippen molar-refractivity contribution in [2.75, 3.05) is 19.0 Å². The van der Waals surface area contributed by atoms with E-state index in [1.54, 1.807) is 6.07 Å². The third-order valence-corrected chi connectivity index (χ3v) is 3.69. The van der Waals surface area contributed by atoms with Crippen LogP contribution in [0.4, 0.5) is 4.39 Å². The van der Waals surface area contributed by atoms with Gasteiger partial charge >= 0.3 is 0 Å². The van der Waals surface area contributed by atoms with E-state index >= 15 is 0 Å². The number of halogens is 2. The summed E-state index contributed by atoms with van der Waals surface area (Å²) in [5.41, 5.74) is 0.780. The molecule has 0 aliphatic carbocycles. The van der Waals surface area contributed by atoms with Gasteiger partial charge in [0.15, 0.2) is 0 Å². The van der Waals surface area contributed by atoms with Gasteiger partial charge in [0.1, 0.15) is 5.82 Å². The molecule has 18 heavy (non-hydrogen) atoms. The zero-order chi connectivity index (χ0) is 13.0. The van der Waals surface area contributed by atoms with Crippen LogP contribution in [-0.2, 0) is 4.79 Å². The number of carbonyl (C=O) groups is 1. The van der Waals surface area contributed by atoms with Crippen LogP contribution in [-0.4, -0.2) is 29.8 Å². The Morgan fingerprint density at radius 2 is 2.00 bits per heavy atom. The Hall–Kier alpha value is -1.09. The molecule has 1 saturated heterocycles. The van der Waals surface area contributed by atoms with Gasteiger partial charge in [-0.05, 0) is 30.4 Å². The van der Waals surface area contributed by atoms with Gasteiger partial charge in [-0.1, -0.05) is 18.2 Å². The van der Waals surface area contributed by atoms with Gasteiger partial charge < -0.3 is 4.90 Å². The first-order valence-electron chi connectivity index (χ1n) is 6.30. The number of piperidine rings is 1. The van der Waals surface area contributed by atoms with Crippen molar-refractivity contribution < 1.29 is 9.18 Å². The molecule has 1 amide bonds. The molecular weight excluding hydrogens is 253 g/mol. The molecule has 2 nitrogen and oxygen atoms in total. The summed E-state index contributed by atoms with van der Waals surface area (Å²) in [6, 6.07) is 6.91. The maximum Gasteiger partial charge on any atom is 0.223 e. The lowest BCUT2D eigenvalue weighted by Gasteiger charge is -2.32. The Morgan fingerprint density at radius 1 is 1.33 bits per heavy atom. The summed E-state index contributed by atoms with van der Waals surface area (Å²) in [5.74, 6) is 0.567. The van der Waals surface area contributed by atoms with Crippen molar-refractivity contribution in [1.82, 2.24) is 4.90 Å². The van der Waals surface area contributed by atoms with Gasteiger partial charge in [0, 0.05) is 25.4 Å². The molecule has 1 fully saturated rings. The molecule has 0 atom stereocenters. The first-order chi connectivity index (χ1) is 8.72. The first-order valence-corrected chi connectivity index (χ1v) is 6.84. The minimum Gasteiger partial charge on any atom is -0.343 e. The number of likely N-dealkylation sites (tertiary alicyclic amines) is 1. The van der Waals surface area contributed by atoms with Gasteiger partial charge in [0.2, 0.25) is 5.91 Å². The van der Waals surface area contributed by atoms with Crippen molar-refractivity contribution in [3.8, 4) is 0 Å². The standard InChI is InChI=1S/C14H17ClFNO/c15-8-5-14(18)17-9-6-11(7-10-17)12-3-1-2-4-13(12)16/h1-4,11H,5-10H2. The predicted molar refractivity (Wildman–Crippen MR) is 70.3 cm³/mol. The minimum atomic E-state index is -0.136. The van der Waals surface area contributed by atoms with Crippen molar-refractivity contribution in [3.05, 3.63) is 35.6 Å². The predicted octanol–water partition coefficient (Wildman–Crippen LogP) is 3.16. The van der Waals surface area contributed by atoms with Crippen LogP contribution in [0.3, 0.4) is 0 Å². The number of benzene rings is 1.